The summed E-state index contributed by atoms with van der Waals surface area (Å²) in [7, 11) is 0. The molecule has 2 bridgehead atoms. The first-order valence-corrected chi connectivity index (χ1v) is 11.3. The van der Waals surface area contributed by atoms with Crippen LogP contribution in [0.1, 0.15) is 51.0 Å². The largest absolute Gasteiger partial charge is 0.484 e. The molecule has 2 fully saturated rings. The minimum Gasteiger partial charge on any atom is -0.484 e. The second-order valence-corrected chi connectivity index (χ2v) is 9.75. The Labute approximate surface area is 176 Å². The van der Waals surface area contributed by atoms with Gasteiger partial charge in [-0.3, -0.25) is 4.79 Å². The highest BCUT2D eigenvalue weighted by atomic mass is 32.2. The van der Waals surface area contributed by atoms with Crippen LogP contribution < -0.4 is 10.1 Å². The molecule has 156 valence electrons. The zero-order chi connectivity index (χ0) is 20.4. The lowest BCUT2D eigenvalue weighted by Gasteiger charge is -2.29. The summed E-state index contributed by atoms with van der Waals surface area (Å²) in [5, 5.41) is 11.4. The standard InChI is InChI=1S/C22H29N3O3S/c1-13-5-4-6-18(9-13)27-12-20-24-25-22(28-20)29-15(3)21(26)23-14(2)19-11-16-7-8-17(19)10-16/h4-6,9,14-17,19H,7-8,10-12H2,1-3H3,(H,23,26). The molecule has 1 heterocycles. The van der Waals surface area contributed by atoms with Crippen molar-refractivity contribution in [1.82, 2.24) is 15.5 Å². The molecule has 29 heavy (non-hydrogen) atoms. The maximum atomic E-state index is 12.6. The van der Waals surface area contributed by atoms with Crippen LogP contribution in [0.3, 0.4) is 0 Å². The third-order valence-electron chi connectivity index (χ3n) is 6.25. The van der Waals surface area contributed by atoms with Gasteiger partial charge in [0, 0.05) is 6.04 Å². The van der Waals surface area contributed by atoms with Gasteiger partial charge < -0.3 is 14.5 Å². The van der Waals surface area contributed by atoms with Crippen LogP contribution >= 0.6 is 11.8 Å². The number of benzene rings is 1. The summed E-state index contributed by atoms with van der Waals surface area (Å²) in [5.41, 5.74) is 1.13. The van der Waals surface area contributed by atoms with Crippen LogP contribution in [0.5, 0.6) is 5.75 Å². The SMILES string of the molecule is Cc1cccc(OCc2nnc(SC(C)C(=O)NC(C)C3CC4CCC3C4)o2)c1. The molecule has 1 aromatic carbocycles. The van der Waals surface area contributed by atoms with Crippen LogP contribution in [-0.4, -0.2) is 27.4 Å². The monoisotopic (exact) mass is 415 g/mol. The first-order valence-electron chi connectivity index (χ1n) is 10.5. The Morgan fingerprint density at radius 3 is 2.90 bits per heavy atom. The van der Waals surface area contributed by atoms with Gasteiger partial charge in [0.25, 0.3) is 11.1 Å². The summed E-state index contributed by atoms with van der Waals surface area (Å²) in [6, 6.07) is 8.02. The number of rotatable bonds is 8. The second-order valence-electron chi connectivity index (χ2n) is 8.46. The molecule has 2 aliphatic rings. The maximum absolute atomic E-state index is 12.6. The number of carbonyl (C=O) groups is 1. The van der Waals surface area contributed by atoms with Crippen molar-refractivity contribution in [3.63, 3.8) is 0 Å². The molecular formula is C22H29N3O3S. The number of nitrogens with one attached hydrogen (secondary N) is 1. The molecule has 6 nitrogen and oxygen atoms in total. The third kappa shape index (κ3) is 4.94. The van der Waals surface area contributed by atoms with E-state index in [2.05, 4.69) is 22.4 Å². The summed E-state index contributed by atoms with van der Waals surface area (Å²) in [5.74, 6) is 3.50. The van der Waals surface area contributed by atoms with Gasteiger partial charge in [-0.2, -0.15) is 0 Å². The fourth-order valence-corrected chi connectivity index (χ4v) is 5.46. The Hall–Kier alpha value is -2.02. The average molecular weight is 416 g/mol. The molecule has 7 heteroatoms. The van der Waals surface area contributed by atoms with Crippen molar-refractivity contribution in [2.45, 2.75) is 69.6 Å². The van der Waals surface area contributed by atoms with Crippen molar-refractivity contribution >= 4 is 17.7 Å². The van der Waals surface area contributed by atoms with E-state index < -0.39 is 0 Å². The molecule has 0 spiro atoms. The smallest absolute Gasteiger partial charge is 0.277 e. The number of hydrogen-bond donors (Lipinski definition) is 1. The Morgan fingerprint density at radius 2 is 2.17 bits per heavy atom. The summed E-state index contributed by atoms with van der Waals surface area (Å²) >= 11 is 1.29. The molecule has 1 N–H and O–H groups in total. The molecule has 5 atom stereocenters. The van der Waals surface area contributed by atoms with Crippen LogP contribution in [0.15, 0.2) is 33.9 Å². The number of hydrogen-bond acceptors (Lipinski definition) is 6. The van der Waals surface area contributed by atoms with Crippen LogP contribution in [0, 0.1) is 24.7 Å². The molecule has 4 rings (SSSR count). The zero-order valence-electron chi connectivity index (χ0n) is 17.3. The van der Waals surface area contributed by atoms with Crippen LogP contribution in [0.4, 0.5) is 0 Å². The fraction of sp³-hybridized carbons (Fsp3) is 0.591. The number of fused-ring (bicyclic) bond motifs is 2. The Morgan fingerprint density at radius 1 is 1.31 bits per heavy atom. The Bertz CT molecular complexity index is 855. The van der Waals surface area contributed by atoms with Gasteiger partial charge in [0.05, 0.1) is 5.25 Å². The topological polar surface area (TPSA) is 77.2 Å². The maximum Gasteiger partial charge on any atom is 0.277 e. The fourth-order valence-electron chi connectivity index (χ4n) is 4.75. The summed E-state index contributed by atoms with van der Waals surface area (Å²) in [6.45, 7) is 6.24. The van der Waals surface area contributed by atoms with Crippen LogP contribution in [0.2, 0.25) is 0 Å². The molecule has 1 amide bonds. The first kappa shape index (κ1) is 20.3. The van der Waals surface area contributed by atoms with E-state index in [4.69, 9.17) is 9.15 Å². The third-order valence-corrected chi connectivity index (χ3v) is 7.19. The van der Waals surface area contributed by atoms with E-state index in [1.165, 1.54) is 37.4 Å². The van der Waals surface area contributed by atoms with Crippen LogP contribution in [-0.2, 0) is 11.4 Å². The number of amides is 1. The molecular weight excluding hydrogens is 386 g/mol. The first-order chi connectivity index (χ1) is 14.0. The lowest BCUT2D eigenvalue weighted by molar-refractivity contribution is -0.121. The number of aromatic nitrogens is 2. The molecule has 2 aromatic rings. The lowest BCUT2D eigenvalue weighted by Crippen LogP contribution is -2.43. The lowest BCUT2D eigenvalue weighted by atomic mass is 9.84. The van der Waals surface area contributed by atoms with Crippen molar-refractivity contribution in [2.24, 2.45) is 17.8 Å². The van der Waals surface area contributed by atoms with Crippen LogP contribution in [0.25, 0.3) is 0 Å². The van der Waals surface area contributed by atoms with Gasteiger partial charge in [0.15, 0.2) is 6.61 Å². The van der Waals surface area contributed by atoms with E-state index in [0.717, 1.165) is 23.1 Å². The number of ether oxygens (including phenoxy) is 1. The molecule has 0 saturated heterocycles. The minimum absolute atomic E-state index is 0.0287. The van der Waals surface area contributed by atoms with Gasteiger partial charge >= 0.3 is 0 Å². The molecule has 2 saturated carbocycles. The van der Waals surface area contributed by atoms with E-state index >= 15 is 0 Å². The van der Waals surface area contributed by atoms with Gasteiger partial charge in [-0.1, -0.05) is 30.3 Å². The Balaban J connectivity index is 1.25. The quantitative estimate of drug-likeness (QED) is 0.645. The van der Waals surface area contributed by atoms with E-state index in [9.17, 15) is 4.79 Å². The Kier molecular flexibility index (Phi) is 6.13. The van der Waals surface area contributed by atoms with E-state index in [1.807, 2.05) is 38.1 Å². The minimum atomic E-state index is -0.290. The second kappa shape index (κ2) is 8.78. The highest BCUT2D eigenvalue weighted by Gasteiger charge is 2.42. The normalized spacial score (nSPS) is 25.0. The predicted octanol–water partition coefficient (Wildman–Crippen LogP) is 4.38. The van der Waals surface area contributed by atoms with Gasteiger partial charge in [0.2, 0.25) is 5.91 Å². The highest BCUT2D eigenvalue weighted by Crippen LogP contribution is 2.49. The number of carbonyl (C=O) groups excluding carboxylic acids is 1. The number of nitrogens with zero attached hydrogens (tertiary/aromatic N) is 2. The number of thioether (sulfide) groups is 1. The van der Waals surface area contributed by atoms with Crippen molar-refractivity contribution in [3.8, 4) is 5.75 Å². The van der Waals surface area contributed by atoms with Gasteiger partial charge in [0.1, 0.15) is 5.75 Å². The molecule has 0 aliphatic heterocycles. The molecule has 2 aliphatic carbocycles. The van der Waals surface area contributed by atoms with E-state index in [0.29, 0.717) is 17.0 Å². The average Bonchev–Trinajstić information content (AvgIpc) is 3.43. The predicted molar refractivity (Wildman–Crippen MR) is 112 cm³/mol. The highest BCUT2D eigenvalue weighted by molar-refractivity contribution is 8.00. The molecule has 0 radical (unpaired) electrons. The van der Waals surface area contributed by atoms with Gasteiger partial charge in [-0.25, -0.2) is 0 Å². The van der Waals surface area contributed by atoms with Crippen molar-refractivity contribution < 1.29 is 13.9 Å². The summed E-state index contributed by atoms with van der Waals surface area (Å²) in [4.78, 5) is 12.6. The molecule has 5 unspecified atom stereocenters. The van der Waals surface area contributed by atoms with Gasteiger partial charge in [-0.05, 0) is 75.5 Å². The number of aryl methyl sites for hydroxylation is 1. The summed E-state index contributed by atoms with van der Waals surface area (Å²) < 4.78 is 11.3. The van der Waals surface area contributed by atoms with Crippen molar-refractivity contribution in [3.05, 3.63) is 35.7 Å². The van der Waals surface area contributed by atoms with E-state index in [-0.39, 0.29) is 23.8 Å². The van der Waals surface area contributed by atoms with E-state index in [1.54, 1.807) is 0 Å². The molecule has 1 aromatic heterocycles. The zero-order valence-corrected chi connectivity index (χ0v) is 18.1. The van der Waals surface area contributed by atoms with Crippen molar-refractivity contribution in [1.29, 1.82) is 0 Å². The van der Waals surface area contributed by atoms with Gasteiger partial charge in [-0.15, -0.1) is 10.2 Å². The van der Waals surface area contributed by atoms with Crippen molar-refractivity contribution in [2.75, 3.05) is 0 Å². The summed E-state index contributed by atoms with van der Waals surface area (Å²) in [6.07, 6.45) is 5.32.